The molecule has 2 unspecified atom stereocenters. The zero-order chi connectivity index (χ0) is 15.8. The first-order valence-electron chi connectivity index (χ1n) is 8.07. The third-order valence-corrected chi connectivity index (χ3v) is 3.93. The first-order chi connectivity index (χ1) is 9.95. The third kappa shape index (κ3) is 6.16. The zero-order valence-electron chi connectivity index (χ0n) is 14.5. The first kappa shape index (κ1) is 18.1. The minimum atomic E-state index is 0.301. The molecule has 3 heteroatoms. The van der Waals surface area contributed by atoms with E-state index in [-0.39, 0.29) is 0 Å². The molecule has 1 N–H and O–H groups in total. The van der Waals surface area contributed by atoms with E-state index >= 15 is 0 Å². The van der Waals surface area contributed by atoms with Gasteiger partial charge in [-0.2, -0.15) is 0 Å². The molecule has 1 rings (SSSR count). The number of ether oxygens (including phenoxy) is 1. The van der Waals surface area contributed by atoms with Gasteiger partial charge in [0.05, 0.1) is 12.7 Å². The van der Waals surface area contributed by atoms with Crippen LogP contribution in [0, 0.1) is 6.92 Å². The van der Waals surface area contributed by atoms with Crippen molar-refractivity contribution in [1.29, 1.82) is 0 Å². The van der Waals surface area contributed by atoms with E-state index in [9.17, 15) is 0 Å². The summed E-state index contributed by atoms with van der Waals surface area (Å²) in [4.78, 5) is 2.37. The summed E-state index contributed by atoms with van der Waals surface area (Å²) >= 11 is 0. The molecule has 0 aliphatic rings. The summed E-state index contributed by atoms with van der Waals surface area (Å²) in [5.41, 5.74) is 2.66. The van der Waals surface area contributed by atoms with Crippen molar-refractivity contribution in [3.63, 3.8) is 0 Å². The predicted octanol–water partition coefficient (Wildman–Crippen LogP) is 3.39. The topological polar surface area (TPSA) is 24.5 Å². The lowest BCUT2D eigenvalue weighted by molar-refractivity contribution is 0.0534. The Hall–Kier alpha value is -0.900. The summed E-state index contributed by atoms with van der Waals surface area (Å²) in [6.07, 6.45) is 0.301. The van der Waals surface area contributed by atoms with Crippen LogP contribution in [0.15, 0.2) is 24.3 Å². The van der Waals surface area contributed by atoms with E-state index in [0.29, 0.717) is 18.2 Å². The smallest absolute Gasteiger partial charge is 0.0596 e. The van der Waals surface area contributed by atoms with Crippen molar-refractivity contribution in [1.82, 2.24) is 10.2 Å². The normalized spacial score (nSPS) is 14.7. The van der Waals surface area contributed by atoms with Gasteiger partial charge in [0.2, 0.25) is 0 Å². The largest absolute Gasteiger partial charge is 0.377 e. The van der Waals surface area contributed by atoms with Gasteiger partial charge < -0.3 is 10.1 Å². The molecule has 21 heavy (non-hydrogen) atoms. The van der Waals surface area contributed by atoms with E-state index in [1.807, 2.05) is 0 Å². The van der Waals surface area contributed by atoms with Gasteiger partial charge in [0, 0.05) is 18.6 Å². The first-order valence-corrected chi connectivity index (χ1v) is 8.07. The summed E-state index contributed by atoms with van der Waals surface area (Å²) < 4.78 is 5.66. The average Bonchev–Trinajstić information content (AvgIpc) is 2.44. The minimum absolute atomic E-state index is 0.301. The van der Waals surface area contributed by atoms with Crippen LogP contribution in [0.3, 0.4) is 0 Å². The van der Waals surface area contributed by atoms with E-state index in [1.54, 1.807) is 0 Å². The molecule has 1 aromatic carbocycles. The van der Waals surface area contributed by atoms with Gasteiger partial charge in [-0.1, -0.05) is 36.8 Å². The van der Waals surface area contributed by atoms with Crippen LogP contribution in [-0.4, -0.2) is 43.8 Å². The highest BCUT2D eigenvalue weighted by Crippen LogP contribution is 2.20. The van der Waals surface area contributed by atoms with Crippen molar-refractivity contribution < 1.29 is 4.74 Å². The van der Waals surface area contributed by atoms with Gasteiger partial charge in [0.15, 0.2) is 0 Å². The molecule has 0 heterocycles. The molecule has 120 valence electrons. The summed E-state index contributed by atoms with van der Waals surface area (Å²) in [6.45, 7) is 13.4. The molecular formula is C18H32N2O. The second-order valence-electron chi connectivity index (χ2n) is 6.09. The lowest BCUT2D eigenvalue weighted by atomic mass is 9.98. The summed E-state index contributed by atoms with van der Waals surface area (Å²) in [5.74, 6) is 0. The van der Waals surface area contributed by atoms with Crippen molar-refractivity contribution in [2.75, 3.05) is 26.7 Å². The maximum atomic E-state index is 5.66. The fourth-order valence-corrected chi connectivity index (χ4v) is 2.45. The number of hydrogen-bond donors (Lipinski definition) is 1. The molecule has 0 aromatic heterocycles. The van der Waals surface area contributed by atoms with Gasteiger partial charge in [-0.15, -0.1) is 0 Å². The fourth-order valence-electron chi connectivity index (χ4n) is 2.45. The van der Waals surface area contributed by atoms with Gasteiger partial charge in [-0.25, -0.2) is 0 Å². The maximum absolute atomic E-state index is 5.66. The second-order valence-corrected chi connectivity index (χ2v) is 6.09. The van der Waals surface area contributed by atoms with E-state index in [4.69, 9.17) is 4.74 Å². The van der Waals surface area contributed by atoms with Crippen molar-refractivity contribution in [3.8, 4) is 0 Å². The van der Waals surface area contributed by atoms with E-state index in [2.05, 4.69) is 76.1 Å². The molecule has 0 saturated carbocycles. The van der Waals surface area contributed by atoms with Crippen LogP contribution in [0.1, 0.15) is 44.9 Å². The maximum Gasteiger partial charge on any atom is 0.0596 e. The Labute approximate surface area is 130 Å². The molecule has 2 atom stereocenters. The molecule has 0 amide bonds. The molecule has 1 aromatic rings. The number of rotatable bonds is 9. The lowest BCUT2D eigenvalue weighted by Gasteiger charge is -2.33. The van der Waals surface area contributed by atoms with Crippen LogP contribution < -0.4 is 5.32 Å². The fraction of sp³-hybridized carbons (Fsp3) is 0.667. The Balaban J connectivity index is 2.67. The van der Waals surface area contributed by atoms with Crippen molar-refractivity contribution >= 4 is 0 Å². The van der Waals surface area contributed by atoms with Crippen LogP contribution in [0.25, 0.3) is 0 Å². The van der Waals surface area contributed by atoms with E-state index in [0.717, 1.165) is 19.7 Å². The molecule has 0 bridgehead atoms. The summed E-state index contributed by atoms with van der Waals surface area (Å²) in [7, 11) is 2.17. The highest BCUT2D eigenvalue weighted by molar-refractivity contribution is 5.25. The molecule has 0 aliphatic carbocycles. The van der Waals surface area contributed by atoms with Crippen LogP contribution in [-0.2, 0) is 4.74 Å². The molecular weight excluding hydrogens is 260 g/mol. The van der Waals surface area contributed by atoms with Gasteiger partial charge in [0.1, 0.15) is 0 Å². The van der Waals surface area contributed by atoms with Crippen molar-refractivity contribution in [2.45, 2.75) is 52.8 Å². The van der Waals surface area contributed by atoms with Crippen molar-refractivity contribution in [3.05, 3.63) is 35.4 Å². The van der Waals surface area contributed by atoms with Gasteiger partial charge >= 0.3 is 0 Å². The number of aryl methyl sites for hydroxylation is 1. The molecule has 0 radical (unpaired) electrons. The van der Waals surface area contributed by atoms with Gasteiger partial charge in [0.25, 0.3) is 0 Å². The Morgan fingerprint density at radius 2 is 1.76 bits per heavy atom. The lowest BCUT2D eigenvalue weighted by Crippen LogP contribution is -2.42. The Bertz CT molecular complexity index is 389. The van der Waals surface area contributed by atoms with Crippen LogP contribution in [0.5, 0.6) is 0 Å². The monoisotopic (exact) mass is 292 g/mol. The second kappa shape index (κ2) is 9.19. The van der Waals surface area contributed by atoms with Crippen LogP contribution in [0.4, 0.5) is 0 Å². The quantitative estimate of drug-likeness (QED) is 0.755. The Morgan fingerprint density at radius 3 is 2.29 bits per heavy atom. The number of nitrogens with zero attached hydrogens (tertiary/aromatic N) is 1. The van der Waals surface area contributed by atoms with E-state index < -0.39 is 0 Å². The minimum Gasteiger partial charge on any atom is -0.377 e. The third-order valence-electron chi connectivity index (χ3n) is 3.93. The number of benzene rings is 1. The standard InChI is InChI=1S/C18H32N2O/c1-7-19-18(17-10-8-15(4)9-11-17)16(5)20(6)12-13-21-14(2)3/h8-11,14,16,18-19H,7,12-13H2,1-6H3. The predicted molar refractivity (Wildman–Crippen MR) is 90.8 cm³/mol. The average molecular weight is 292 g/mol. The zero-order valence-corrected chi connectivity index (χ0v) is 14.5. The van der Waals surface area contributed by atoms with Crippen LogP contribution in [0.2, 0.25) is 0 Å². The van der Waals surface area contributed by atoms with Gasteiger partial charge in [-0.3, -0.25) is 4.90 Å². The Morgan fingerprint density at radius 1 is 1.14 bits per heavy atom. The SMILES string of the molecule is CCNC(c1ccc(C)cc1)C(C)N(C)CCOC(C)C. The highest BCUT2D eigenvalue weighted by Gasteiger charge is 2.21. The van der Waals surface area contributed by atoms with Crippen LogP contribution >= 0.6 is 0 Å². The molecule has 3 nitrogen and oxygen atoms in total. The number of nitrogens with one attached hydrogen (secondary N) is 1. The molecule has 0 saturated heterocycles. The number of likely N-dealkylation sites (N-methyl/N-ethyl adjacent to an activating group) is 2. The molecule has 0 spiro atoms. The molecule has 0 aliphatic heterocycles. The Kier molecular flexibility index (Phi) is 7.94. The van der Waals surface area contributed by atoms with E-state index in [1.165, 1.54) is 11.1 Å². The summed E-state index contributed by atoms with van der Waals surface area (Å²) in [5, 5.41) is 3.62. The molecule has 0 fully saturated rings. The summed E-state index contributed by atoms with van der Waals surface area (Å²) in [6, 6.07) is 9.61. The number of hydrogen-bond acceptors (Lipinski definition) is 3. The highest BCUT2D eigenvalue weighted by atomic mass is 16.5. The van der Waals surface area contributed by atoms with Crippen molar-refractivity contribution in [2.24, 2.45) is 0 Å². The van der Waals surface area contributed by atoms with Gasteiger partial charge in [-0.05, 0) is 46.9 Å².